The first-order valence-electron chi connectivity index (χ1n) is 11.2. The summed E-state index contributed by atoms with van der Waals surface area (Å²) in [4.78, 5) is 25.6. The molecule has 0 bridgehead atoms. The molecule has 8 heteroatoms. The van der Waals surface area contributed by atoms with Crippen LogP contribution in [0.25, 0.3) is 21.8 Å². The molecule has 2 heterocycles. The molecule has 2 aromatic heterocycles. The van der Waals surface area contributed by atoms with E-state index in [2.05, 4.69) is 47.4 Å². The quantitative estimate of drug-likeness (QED) is 0.161. The van der Waals surface area contributed by atoms with Gasteiger partial charge in [0.2, 0.25) is 0 Å². The van der Waals surface area contributed by atoms with Crippen LogP contribution in [0, 0.1) is 0 Å². The highest BCUT2D eigenvalue weighted by Crippen LogP contribution is 2.19. The van der Waals surface area contributed by atoms with Crippen molar-refractivity contribution in [2.24, 2.45) is 11.5 Å². The second kappa shape index (κ2) is 14.1. The Labute approximate surface area is 209 Å². The number of fused-ring (bicyclic) bond motifs is 2. The van der Waals surface area contributed by atoms with E-state index in [-0.39, 0.29) is 12.1 Å². The van der Waals surface area contributed by atoms with Gasteiger partial charge in [-0.15, -0.1) is 13.2 Å². The topological polar surface area (TPSA) is 158 Å². The van der Waals surface area contributed by atoms with Crippen LogP contribution in [-0.4, -0.2) is 44.2 Å². The number of nitrogens with two attached hydrogens (primary N) is 2. The zero-order valence-electron chi connectivity index (χ0n) is 19.9. The lowest BCUT2D eigenvalue weighted by Gasteiger charge is -2.03. The summed E-state index contributed by atoms with van der Waals surface area (Å²) in [6, 6.07) is 16.6. The molecule has 0 spiro atoms. The van der Waals surface area contributed by atoms with Gasteiger partial charge in [-0.3, -0.25) is 0 Å². The van der Waals surface area contributed by atoms with Crippen LogP contribution < -0.4 is 11.5 Å². The van der Waals surface area contributed by atoms with Gasteiger partial charge in [0.25, 0.3) is 0 Å². The van der Waals surface area contributed by atoms with Crippen LogP contribution in [-0.2, 0) is 22.4 Å². The molecule has 36 heavy (non-hydrogen) atoms. The predicted molar refractivity (Wildman–Crippen MR) is 145 cm³/mol. The molecule has 0 fully saturated rings. The third kappa shape index (κ3) is 8.75. The molecule has 4 aromatic rings. The summed E-state index contributed by atoms with van der Waals surface area (Å²) in [6.45, 7) is 7.37. The normalized spacial score (nSPS) is 12.2. The van der Waals surface area contributed by atoms with E-state index < -0.39 is 11.9 Å². The smallest absolute Gasteiger partial charge is 0.328 e. The minimum absolute atomic E-state index is 0.0363. The zero-order chi connectivity index (χ0) is 26.5. The Morgan fingerprint density at radius 3 is 1.44 bits per heavy atom. The van der Waals surface area contributed by atoms with Crippen molar-refractivity contribution in [3.8, 4) is 0 Å². The standard InChI is InChI=1S/2C12H14N2.C4H4O4/c2*1-2-10(13)7-9-8-14-12-6-4-3-5-11(9)12;5-3(6)1-2-4(7)8/h2*2-6,8,10,14H,1,7,13H2;1-2H,(H,5,6)(H,7,8)/b;;2-1+. The van der Waals surface area contributed by atoms with E-state index in [4.69, 9.17) is 21.7 Å². The van der Waals surface area contributed by atoms with Gasteiger partial charge < -0.3 is 31.6 Å². The molecular weight excluding hydrogens is 456 g/mol. The van der Waals surface area contributed by atoms with Gasteiger partial charge in [0, 0.05) is 58.4 Å². The van der Waals surface area contributed by atoms with Crippen molar-refractivity contribution in [1.29, 1.82) is 0 Å². The number of benzene rings is 2. The lowest BCUT2D eigenvalue weighted by Crippen LogP contribution is -2.18. The minimum atomic E-state index is -1.26. The highest BCUT2D eigenvalue weighted by Gasteiger charge is 2.06. The number of aromatic amines is 2. The van der Waals surface area contributed by atoms with E-state index in [1.165, 1.54) is 32.9 Å². The Morgan fingerprint density at radius 1 is 0.750 bits per heavy atom. The van der Waals surface area contributed by atoms with Crippen LogP contribution >= 0.6 is 0 Å². The van der Waals surface area contributed by atoms with Gasteiger partial charge >= 0.3 is 11.9 Å². The van der Waals surface area contributed by atoms with E-state index in [0.29, 0.717) is 12.2 Å². The Morgan fingerprint density at radius 2 is 1.11 bits per heavy atom. The van der Waals surface area contributed by atoms with Crippen LogP contribution in [0.1, 0.15) is 11.1 Å². The first-order chi connectivity index (χ1) is 17.2. The fourth-order valence-electron chi connectivity index (χ4n) is 3.42. The molecule has 8 nitrogen and oxygen atoms in total. The molecule has 0 amide bonds. The van der Waals surface area contributed by atoms with Gasteiger partial charge in [-0.25, -0.2) is 9.59 Å². The Hall–Kier alpha value is -4.40. The number of rotatable bonds is 8. The van der Waals surface area contributed by atoms with Crippen molar-refractivity contribution >= 4 is 33.7 Å². The fourth-order valence-corrected chi connectivity index (χ4v) is 3.42. The lowest BCUT2D eigenvalue weighted by atomic mass is 10.1. The van der Waals surface area contributed by atoms with Gasteiger partial charge in [0.05, 0.1) is 0 Å². The first-order valence-corrected chi connectivity index (χ1v) is 11.2. The maximum Gasteiger partial charge on any atom is 0.328 e. The van der Waals surface area contributed by atoms with E-state index in [9.17, 15) is 9.59 Å². The minimum Gasteiger partial charge on any atom is -0.478 e. The number of H-pyrrole nitrogens is 2. The molecular formula is C28H32N4O4. The Balaban J connectivity index is 0.000000199. The number of hydrogen-bond donors (Lipinski definition) is 6. The maximum absolute atomic E-state index is 9.55. The summed E-state index contributed by atoms with van der Waals surface area (Å²) < 4.78 is 0. The number of aliphatic carboxylic acids is 2. The van der Waals surface area contributed by atoms with E-state index in [1.807, 2.05) is 36.7 Å². The summed E-state index contributed by atoms with van der Waals surface area (Å²) in [7, 11) is 0. The van der Waals surface area contributed by atoms with Crippen LogP contribution in [0.2, 0.25) is 0 Å². The Bertz CT molecular complexity index is 1230. The average Bonchev–Trinajstić information content (AvgIpc) is 3.47. The number of aromatic nitrogens is 2. The molecule has 0 aliphatic carbocycles. The number of carboxylic acid groups (broad SMARTS) is 2. The highest BCUT2D eigenvalue weighted by atomic mass is 16.4. The summed E-state index contributed by atoms with van der Waals surface area (Å²) in [5, 5.41) is 18.1. The van der Waals surface area contributed by atoms with Crippen molar-refractivity contribution < 1.29 is 19.8 Å². The van der Waals surface area contributed by atoms with Crippen LogP contribution in [0.15, 0.2) is 98.4 Å². The van der Waals surface area contributed by atoms with Gasteiger partial charge in [0.15, 0.2) is 0 Å². The SMILES string of the molecule is C=CC(N)Cc1c[nH]c2ccccc12.C=CC(N)Cc1c[nH]c2ccccc12.O=C(O)/C=C/C(=O)O. The molecule has 2 unspecified atom stereocenters. The second-order valence-electron chi connectivity index (χ2n) is 7.94. The number of carbonyl (C=O) groups is 2. The van der Waals surface area contributed by atoms with Crippen LogP contribution in [0.4, 0.5) is 0 Å². The number of para-hydroxylation sites is 2. The molecule has 0 aliphatic heterocycles. The van der Waals surface area contributed by atoms with Crippen molar-refractivity contribution in [3.63, 3.8) is 0 Å². The first kappa shape index (κ1) is 27.8. The molecule has 188 valence electrons. The largest absolute Gasteiger partial charge is 0.478 e. The molecule has 2 aromatic carbocycles. The molecule has 0 radical (unpaired) electrons. The molecule has 0 aliphatic rings. The van der Waals surface area contributed by atoms with Crippen molar-refractivity contribution in [3.05, 3.63) is 110 Å². The monoisotopic (exact) mass is 488 g/mol. The van der Waals surface area contributed by atoms with E-state index in [0.717, 1.165) is 12.8 Å². The number of nitrogens with one attached hydrogen (secondary N) is 2. The lowest BCUT2D eigenvalue weighted by molar-refractivity contribution is -0.134. The van der Waals surface area contributed by atoms with Gasteiger partial charge in [0.1, 0.15) is 0 Å². The van der Waals surface area contributed by atoms with Crippen LogP contribution in [0.3, 0.4) is 0 Å². The van der Waals surface area contributed by atoms with E-state index in [1.54, 1.807) is 12.2 Å². The number of carboxylic acids is 2. The number of hydrogen-bond acceptors (Lipinski definition) is 4. The van der Waals surface area contributed by atoms with Gasteiger partial charge in [-0.2, -0.15) is 0 Å². The summed E-state index contributed by atoms with van der Waals surface area (Å²) in [5.41, 5.74) is 16.5. The fraction of sp³-hybridized carbons (Fsp3) is 0.143. The molecule has 8 N–H and O–H groups in total. The predicted octanol–water partition coefficient (Wildman–Crippen LogP) is 4.16. The van der Waals surface area contributed by atoms with Crippen molar-refractivity contribution in [1.82, 2.24) is 9.97 Å². The second-order valence-corrected chi connectivity index (χ2v) is 7.94. The maximum atomic E-state index is 9.55. The average molecular weight is 489 g/mol. The van der Waals surface area contributed by atoms with E-state index >= 15 is 0 Å². The van der Waals surface area contributed by atoms with Crippen molar-refractivity contribution in [2.45, 2.75) is 24.9 Å². The summed E-state index contributed by atoms with van der Waals surface area (Å²) >= 11 is 0. The molecule has 4 rings (SSSR count). The summed E-state index contributed by atoms with van der Waals surface area (Å²) in [5.74, 6) is -2.51. The molecule has 0 saturated carbocycles. The molecule has 0 saturated heterocycles. The van der Waals surface area contributed by atoms with Crippen molar-refractivity contribution in [2.75, 3.05) is 0 Å². The third-order valence-corrected chi connectivity index (χ3v) is 5.24. The van der Waals surface area contributed by atoms with Crippen LogP contribution in [0.5, 0.6) is 0 Å². The van der Waals surface area contributed by atoms with Gasteiger partial charge in [-0.1, -0.05) is 48.6 Å². The third-order valence-electron chi connectivity index (χ3n) is 5.24. The van der Waals surface area contributed by atoms with Gasteiger partial charge in [-0.05, 0) is 36.1 Å². The Kier molecular flexibility index (Phi) is 10.9. The highest BCUT2D eigenvalue weighted by molar-refractivity contribution is 5.89. The molecule has 2 atom stereocenters. The zero-order valence-corrected chi connectivity index (χ0v) is 19.9. The summed E-state index contributed by atoms with van der Waals surface area (Å²) in [6.07, 6.45) is 10.4.